The molecule has 3 saturated carbocycles. The number of allylic oxidation sites excluding steroid dienone is 1. The number of carbonyl (C=O) groups excluding carboxylic acids is 5. The maximum absolute atomic E-state index is 14.1. The zero-order chi connectivity index (χ0) is 46.3. The number of esters is 1. The van der Waals surface area contributed by atoms with Crippen molar-refractivity contribution in [2.24, 2.45) is 52.3 Å². The molecule has 4 N–H and O–H groups in total. The molecule has 0 saturated heterocycles. The second-order valence-electron chi connectivity index (χ2n) is 22.2. The van der Waals surface area contributed by atoms with Gasteiger partial charge < -0.3 is 30.7 Å². The highest BCUT2D eigenvalue weighted by atomic mass is 16.6. The molecule has 0 unspecified atom stereocenters. The van der Waals surface area contributed by atoms with Gasteiger partial charge >= 0.3 is 12.1 Å². The van der Waals surface area contributed by atoms with Crippen molar-refractivity contribution in [1.82, 2.24) is 21.3 Å². The molecule has 63 heavy (non-hydrogen) atoms. The average molecular weight is 875 g/mol. The first-order valence-corrected chi connectivity index (χ1v) is 24.4. The fourth-order valence-electron chi connectivity index (χ4n) is 12.1. The Hall–Kier alpha value is -3.89. The molecule has 0 aliphatic heterocycles. The number of carbonyl (C=O) groups is 5. The molecule has 0 bridgehead atoms. The minimum Gasteiger partial charge on any atom is -0.461 e. The standard InChI is InChI=1S/C52H82N4O7/c1-32(2)16-15-17-34(5)40-22-23-41-39-21-20-37-30-38(24-26-51(37,10)42(39)25-27-52(40,41)11)62-48(60)44(28-33(3)4)56-47(59)43(29-36-18-13-12-14-19-36)55-45(57)31-53-46(58)35(6)54-49(61)63-50(7,8)9/h12-14,18-20,32-35,38-44H,15-17,21-31H2,1-11H3,(H,53,58)(H,54,61)(H,55,57)(H,56,59)/t34-,35-,38+,39+,40-,41+,42+,43+,44-,51+,52-/m1/s1. The highest BCUT2D eigenvalue weighted by Crippen LogP contribution is 2.67. The van der Waals surface area contributed by atoms with Gasteiger partial charge in [-0.15, -0.1) is 0 Å². The Balaban J connectivity index is 1.20. The van der Waals surface area contributed by atoms with Gasteiger partial charge in [-0.05, 0) is 137 Å². The molecule has 3 fully saturated rings. The Bertz CT molecular complexity index is 1770. The largest absolute Gasteiger partial charge is 0.461 e. The van der Waals surface area contributed by atoms with Crippen LogP contribution in [0.15, 0.2) is 42.0 Å². The quantitative estimate of drug-likeness (QED) is 0.0848. The van der Waals surface area contributed by atoms with Crippen LogP contribution in [0.2, 0.25) is 0 Å². The molecule has 11 nitrogen and oxygen atoms in total. The predicted molar refractivity (Wildman–Crippen MR) is 248 cm³/mol. The van der Waals surface area contributed by atoms with E-state index in [1.807, 2.05) is 44.2 Å². The van der Waals surface area contributed by atoms with E-state index >= 15 is 0 Å². The topological polar surface area (TPSA) is 152 Å². The Morgan fingerprint density at radius 1 is 0.794 bits per heavy atom. The van der Waals surface area contributed by atoms with Gasteiger partial charge in [0.25, 0.3) is 0 Å². The van der Waals surface area contributed by atoms with E-state index in [4.69, 9.17) is 9.47 Å². The van der Waals surface area contributed by atoms with Gasteiger partial charge in [0, 0.05) is 12.8 Å². The second-order valence-corrected chi connectivity index (χ2v) is 22.2. The van der Waals surface area contributed by atoms with Crippen LogP contribution in [-0.4, -0.2) is 66.2 Å². The third-order valence-electron chi connectivity index (χ3n) is 15.3. The smallest absolute Gasteiger partial charge is 0.408 e. The maximum Gasteiger partial charge on any atom is 0.408 e. The fraction of sp³-hybridized carbons (Fsp3) is 0.750. The van der Waals surface area contributed by atoms with Crippen LogP contribution in [0.3, 0.4) is 0 Å². The number of nitrogens with one attached hydrogen (secondary N) is 4. The first-order chi connectivity index (χ1) is 29.6. The highest BCUT2D eigenvalue weighted by molar-refractivity contribution is 5.93. The third-order valence-corrected chi connectivity index (χ3v) is 15.3. The minimum absolute atomic E-state index is 0.0827. The van der Waals surface area contributed by atoms with Crippen molar-refractivity contribution >= 4 is 29.8 Å². The van der Waals surface area contributed by atoms with E-state index in [9.17, 15) is 24.0 Å². The van der Waals surface area contributed by atoms with Crippen LogP contribution in [0.5, 0.6) is 0 Å². The van der Waals surface area contributed by atoms with E-state index in [2.05, 4.69) is 62.0 Å². The number of rotatable bonds is 18. The van der Waals surface area contributed by atoms with E-state index in [1.54, 1.807) is 20.8 Å². The van der Waals surface area contributed by atoms with Crippen molar-refractivity contribution in [2.45, 2.75) is 189 Å². The van der Waals surface area contributed by atoms with Gasteiger partial charge in [-0.1, -0.05) is 110 Å². The van der Waals surface area contributed by atoms with Gasteiger partial charge in [0.1, 0.15) is 29.8 Å². The molecular formula is C52H82N4O7. The molecule has 11 heteroatoms. The van der Waals surface area contributed by atoms with Crippen LogP contribution in [0.4, 0.5) is 4.79 Å². The van der Waals surface area contributed by atoms with Gasteiger partial charge in [-0.25, -0.2) is 9.59 Å². The zero-order valence-electron chi connectivity index (χ0n) is 40.6. The van der Waals surface area contributed by atoms with E-state index < -0.39 is 60.1 Å². The Labute approximate surface area is 379 Å². The zero-order valence-corrected chi connectivity index (χ0v) is 40.6. The summed E-state index contributed by atoms with van der Waals surface area (Å²) < 4.78 is 11.5. The molecule has 4 amide bonds. The number of ether oxygens (including phenoxy) is 2. The first-order valence-electron chi connectivity index (χ1n) is 24.4. The van der Waals surface area contributed by atoms with Gasteiger partial charge in [0.05, 0.1) is 6.54 Å². The number of alkyl carbamates (subject to hydrolysis) is 1. The molecule has 4 aliphatic carbocycles. The van der Waals surface area contributed by atoms with E-state index in [-0.39, 0.29) is 23.9 Å². The number of benzene rings is 1. The lowest BCUT2D eigenvalue weighted by molar-refractivity contribution is -0.156. The molecule has 0 spiro atoms. The molecular weight excluding hydrogens is 793 g/mol. The lowest BCUT2D eigenvalue weighted by atomic mass is 9.47. The summed E-state index contributed by atoms with van der Waals surface area (Å²) in [4.78, 5) is 66.2. The second kappa shape index (κ2) is 21.4. The van der Waals surface area contributed by atoms with Crippen LogP contribution in [-0.2, 0) is 35.1 Å². The van der Waals surface area contributed by atoms with Gasteiger partial charge in [-0.2, -0.15) is 0 Å². The summed E-state index contributed by atoms with van der Waals surface area (Å²) in [5.41, 5.74) is 2.08. The predicted octanol–water partition coefficient (Wildman–Crippen LogP) is 9.23. The molecule has 0 heterocycles. The summed E-state index contributed by atoms with van der Waals surface area (Å²) in [5.74, 6) is 2.49. The molecule has 352 valence electrons. The first kappa shape index (κ1) is 50.1. The van der Waals surface area contributed by atoms with Crippen molar-refractivity contribution < 1.29 is 33.4 Å². The molecule has 0 aromatic heterocycles. The third kappa shape index (κ3) is 13.1. The van der Waals surface area contributed by atoms with Crippen molar-refractivity contribution in [2.75, 3.05) is 6.54 Å². The number of hydrogen-bond donors (Lipinski definition) is 4. The SMILES string of the molecule is CC(C)CCC[C@@H](C)[C@H]1CC[C@H]2[C@@H]3CC=C4C[C@@H](OC(=O)[C@@H](CC(C)C)NC(=O)[C@H](Cc5ccccc5)NC(=O)CNC(=O)[C@@H](C)NC(=O)OC(C)(C)C)CC[C@]4(C)[C@H]3CC[C@]12C. The molecule has 5 rings (SSSR count). The van der Waals surface area contributed by atoms with Gasteiger partial charge in [0.15, 0.2) is 0 Å². The lowest BCUT2D eigenvalue weighted by Crippen LogP contribution is -2.55. The minimum atomic E-state index is -1.03. The van der Waals surface area contributed by atoms with Gasteiger partial charge in [0.2, 0.25) is 17.7 Å². The fourth-order valence-corrected chi connectivity index (χ4v) is 12.1. The molecule has 0 radical (unpaired) electrons. The Morgan fingerprint density at radius 2 is 1.51 bits per heavy atom. The van der Waals surface area contributed by atoms with Crippen LogP contribution < -0.4 is 21.3 Å². The number of fused-ring (bicyclic) bond motifs is 5. The monoisotopic (exact) mass is 875 g/mol. The lowest BCUT2D eigenvalue weighted by Gasteiger charge is -2.58. The van der Waals surface area contributed by atoms with Crippen molar-refractivity contribution in [3.63, 3.8) is 0 Å². The van der Waals surface area contributed by atoms with Crippen LogP contribution in [0.25, 0.3) is 0 Å². The summed E-state index contributed by atoms with van der Waals surface area (Å²) in [6.45, 7) is 22.6. The van der Waals surface area contributed by atoms with Crippen LogP contribution in [0, 0.1) is 52.3 Å². The van der Waals surface area contributed by atoms with E-state index in [1.165, 1.54) is 57.4 Å². The normalized spacial score (nSPS) is 28.5. The van der Waals surface area contributed by atoms with Crippen LogP contribution in [0.1, 0.15) is 159 Å². The summed E-state index contributed by atoms with van der Waals surface area (Å²) in [7, 11) is 0. The average Bonchev–Trinajstić information content (AvgIpc) is 3.56. The highest BCUT2D eigenvalue weighted by Gasteiger charge is 2.59. The van der Waals surface area contributed by atoms with Crippen molar-refractivity contribution in [3.05, 3.63) is 47.5 Å². The molecule has 1 aromatic rings. The summed E-state index contributed by atoms with van der Waals surface area (Å²) in [5, 5.41) is 10.7. The Kier molecular flexibility index (Phi) is 17.0. The molecule has 4 aliphatic rings. The van der Waals surface area contributed by atoms with E-state index in [0.717, 1.165) is 60.8 Å². The number of hydrogen-bond acceptors (Lipinski definition) is 7. The summed E-state index contributed by atoms with van der Waals surface area (Å²) in [6, 6.07) is 6.41. The molecule has 1 aromatic carbocycles. The Morgan fingerprint density at radius 3 is 2.17 bits per heavy atom. The van der Waals surface area contributed by atoms with Gasteiger partial charge in [-0.3, -0.25) is 14.4 Å². The van der Waals surface area contributed by atoms with Crippen molar-refractivity contribution in [3.8, 4) is 0 Å². The summed E-state index contributed by atoms with van der Waals surface area (Å²) in [6.07, 6.45) is 15.1. The van der Waals surface area contributed by atoms with E-state index in [0.29, 0.717) is 17.8 Å². The molecule has 11 atom stereocenters. The maximum atomic E-state index is 14.1. The van der Waals surface area contributed by atoms with Crippen LogP contribution >= 0.6 is 0 Å². The van der Waals surface area contributed by atoms with Crippen molar-refractivity contribution in [1.29, 1.82) is 0 Å². The number of amides is 4. The summed E-state index contributed by atoms with van der Waals surface area (Å²) >= 11 is 0.